The lowest BCUT2D eigenvalue weighted by molar-refractivity contribution is -0.151. The number of hydrogen-bond acceptors (Lipinski definition) is 5. The lowest BCUT2D eigenvalue weighted by Gasteiger charge is -2.37. The number of esters is 1. The van der Waals surface area contributed by atoms with Gasteiger partial charge in [-0.15, -0.1) is 0 Å². The number of hydrogen-bond donors (Lipinski definition) is 1. The van der Waals surface area contributed by atoms with Crippen molar-refractivity contribution in [1.29, 1.82) is 0 Å². The number of aliphatic hydroxyl groups excluding tert-OH is 1. The summed E-state index contributed by atoms with van der Waals surface area (Å²) in [4.78, 5) is 25.9. The second kappa shape index (κ2) is 8.17. The van der Waals surface area contributed by atoms with E-state index in [0.29, 0.717) is 13.0 Å². The summed E-state index contributed by atoms with van der Waals surface area (Å²) in [5, 5.41) is 8.86. The molecule has 1 amide bonds. The van der Waals surface area contributed by atoms with Crippen molar-refractivity contribution in [2.75, 3.05) is 19.8 Å². The molecule has 0 aromatic rings. The molecule has 0 bridgehead atoms. The van der Waals surface area contributed by atoms with E-state index in [1.54, 1.807) is 33.8 Å². The molecular formula is C16H27NO5. The number of rotatable bonds is 4. The summed E-state index contributed by atoms with van der Waals surface area (Å²) in [6.07, 6.45) is 4.27. The molecule has 1 aliphatic heterocycles. The average Bonchev–Trinajstić information content (AvgIpc) is 2.43. The highest BCUT2D eigenvalue weighted by Gasteiger charge is 2.38. The van der Waals surface area contributed by atoms with Gasteiger partial charge in [0.25, 0.3) is 0 Å². The van der Waals surface area contributed by atoms with Crippen molar-refractivity contribution in [3.8, 4) is 0 Å². The van der Waals surface area contributed by atoms with Gasteiger partial charge in [-0.25, -0.2) is 9.59 Å². The third kappa shape index (κ3) is 5.67. The largest absolute Gasteiger partial charge is 0.464 e. The molecule has 6 nitrogen and oxygen atoms in total. The molecule has 1 aliphatic rings. The van der Waals surface area contributed by atoms with Crippen molar-refractivity contribution in [2.24, 2.45) is 5.92 Å². The van der Waals surface area contributed by atoms with Gasteiger partial charge in [0, 0.05) is 6.54 Å². The van der Waals surface area contributed by atoms with Gasteiger partial charge >= 0.3 is 12.1 Å². The van der Waals surface area contributed by atoms with Crippen LogP contribution in [0.3, 0.4) is 0 Å². The van der Waals surface area contributed by atoms with Crippen LogP contribution in [0.1, 0.15) is 40.5 Å². The molecule has 0 aromatic carbocycles. The molecule has 0 aromatic heterocycles. The lowest BCUT2D eigenvalue weighted by Crippen LogP contribution is -2.51. The van der Waals surface area contributed by atoms with E-state index in [2.05, 4.69) is 0 Å². The van der Waals surface area contributed by atoms with Crippen molar-refractivity contribution in [2.45, 2.75) is 52.2 Å². The maximum atomic E-state index is 12.3. The summed E-state index contributed by atoms with van der Waals surface area (Å²) >= 11 is 0. The van der Waals surface area contributed by atoms with E-state index in [9.17, 15) is 9.59 Å². The van der Waals surface area contributed by atoms with Gasteiger partial charge in [-0.1, -0.05) is 12.2 Å². The number of carbonyl (C=O) groups excluding carboxylic acids is 2. The fourth-order valence-electron chi connectivity index (χ4n) is 2.42. The molecule has 6 heteroatoms. The van der Waals surface area contributed by atoms with E-state index in [4.69, 9.17) is 14.6 Å². The smallest absolute Gasteiger partial charge is 0.411 e. The number of nitrogens with zero attached hydrogens (tertiary/aromatic N) is 1. The van der Waals surface area contributed by atoms with Crippen molar-refractivity contribution >= 4 is 12.1 Å². The summed E-state index contributed by atoms with van der Waals surface area (Å²) < 4.78 is 10.5. The van der Waals surface area contributed by atoms with Crippen LogP contribution in [0, 0.1) is 5.92 Å². The minimum Gasteiger partial charge on any atom is -0.464 e. The minimum absolute atomic E-state index is 0.0314. The van der Waals surface area contributed by atoms with Gasteiger partial charge in [0.2, 0.25) is 0 Å². The molecule has 0 radical (unpaired) electrons. The molecule has 1 fully saturated rings. The van der Waals surface area contributed by atoms with E-state index >= 15 is 0 Å². The second-order valence-electron chi connectivity index (χ2n) is 6.34. The molecule has 1 N–H and O–H groups in total. The Labute approximate surface area is 132 Å². The predicted molar refractivity (Wildman–Crippen MR) is 82.3 cm³/mol. The molecule has 2 atom stereocenters. The summed E-state index contributed by atoms with van der Waals surface area (Å²) in [6.45, 7) is 7.79. The Morgan fingerprint density at radius 3 is 2.59 bits per heavy atom. The van der Waals surface area contributed by atoms with Crippen LogP contribution < -0.4 is 0 Å². The zero-order chi connectivity index (χ0) is 16.8. The van der Waals surface area contributed by atoms with E-state index < -0.39 is 23.7 Å². The van der Waals surface area contributed by atoms with Crippen LogP contribution in [0.4, 0.5) is 4.79 Å². The van der Waals surface area contributed by atoms with Crippen LogP contribution in [-0.2, 0) is 14.3 Å². The van der Waals surface area contributed by atoms with Crippen molar-refractivity contribution in [3.63, 3.8) is 0 Å². The molecule has 0 aliphatic carbocycles. The fourth-order valence-corrected chi connectivity index (χ4v) is 2.42. The quantitative estimate of drug-likeness (QED) is 0.635. The van der Waals surface area contributed by atoms with Crippen LogP contribution >= 0.6 is 0 Å². The van der Waals surface area contributed by atoms with Gasteiger partial charge in [0.15, 0.2) is 0 Å². The van der Waals surface area contributed by atoms with Gasteiger partial charge in [-0.3, -0.25) is 4.90 Å². The Kier molecular flexibility index (Phi) is 6.87. The van der Waals surface area contributed by atoms with Crippen molar-refractivity contribution < 1.29 is 24.2 Å². The molecule has 0 spiro atoms. The summed E-state index contributed by atoms with van der Waals surface area (Å²) in [5.41, 5.74) is -0.607. The number of ether oxygens (including phenoxy) is 2. The summed E-state index contributed by atoms with van der Waals surface area (Å²) in [6, 6.07) is -0.642. The Balaban J connectivity index is 2.83. The molecule has 1 rings (SSSR count). The van der Waals surface area contributed by atoms with Crippen LogP contribution in [0.15, 0.2) is 12.2 Å². The number of carbonyl (C=O) groups is 2. The topological polar surface area (TPSA) is 76.1 Å². The number of amides is 1. The van der Waals surface area contributed by atoms with Crippen LogP contribution in [0.5, 0.6) is 0 Å². The van der Waals surface area contributed by atoms with Crippen molar-refractivity contribution in [1.82, 2.24) is 4.90 Å². The molecule has 1 heterocycles. The van der Waals surface area contributed by atoms with Gasteiger partial charge in [0.05, 0.1) is 13.2 Å². The van der Waals surface area contributed by atoms with E-state index in [1.807, 2.05) is 6.08 Å². The van der Waals surface area contributed by atoms with Crippen LogP contribution in [0.2, 0.25) is 0 Å². The lowest BCUT2D eigenvalue weighted by atomic mass is 9.90. The number of likely N-dealkylation sites (tertiary alicyclic amines) is 1. The SMILES string of the molecule is CCOC(=O)C1CC(C=CCO)CCN1C(=O)OC(C)(C)C. The molecular weight excluding hydrogens is 286 g/mol. The van der Waals surface area contributed by atoms with Gasteiger partial charge in [0.1, 0.15) is 11.6 Å². The average molecular weight is 313 g/mol. The standard InChI is InChI=1S/C16H27NO5/c1-5-21-14(19)13-11-12(7-6-10-18)8-9-17(13)15(20)22-16(2,3)4/h6-7,12-13,18H,5,8-11H2,1-4H3. The van der Waals surface area contributed by atoms with E-state index in [0.717, 1.165) is 6.42 Å². The van der Waals surface area contributed by atoms with Crippen molar-refractivity contribution in [3.05, 3.63) is 12.2 Å². The third-order valence-electron chi connectivity index (χ3n) is 3.34. The highest BCUT2D eigenvalue weighted by molar-refractivity contribution is 5.81. The molecule has 22 heavy (non-hydrogen) atoms. The highest BCUT2D eigenvalue weighted by Crippen LogP contribution is 2.26. The second-order valence-corrected chi connectivity index (χ2v) is 6.34. The molecule has 0 saturated carbocycles. The first-order chi connectivity index (χ1) is 10.3. The van der Waals surface area contributed by atoms with Crippen LogP contribution in [0.25, 0.3) is 0 Å². The molecule has 2 unspecified atom stereocenters. The van der Waals surface area contributed by atoms with Gasteiger partial charge in [-0.05, 0) is 46.5 Å². The number of aliphatic hydroxyl groups is 1. The monoisotopic (exact) mass is 313 g/mol. The Morgan fingerprint density at radius 1 is 1.36 bits per heavy atom. The first-order valence-corrected chi connectivity index (χ1v) is 7.72. The number of piperidine rings is 1. The maximum absolute atomic E-state index is 12.3. The van der Waals surface area contributed by atoms with Gasteiger partial charge < -0.3 is 14.6 Å². The maximum Gasteiger partial charge on any atom is 0.411 e. The third-order valence-corrected chi connectivity index (χ3v) is 3.34. The molecule has 1 saturated heterocycles. The normalized spacial score (nSPS) is 22.7. The zero-order valence-corrected chi connectivity index (χ0v) is 13.9. The predicted octanol–water partition coefficient (Wildman–Crippen LogP) is 2.11. The summed E-state index contributed by atoms with van der Waals surface area (Å²) in [5.74, 6) is -0.268. The van der Waals surface area contributed by atoms with Crippen LogP contribution in [-0.4, -0.2) is 53.5 Å². The Bertz CT molecular complexity index is 413. The Hall–Kier alpha value is -1.56. The zero-order valence-electron chi connectivity index (χ0n) is 13.9. The number of allylic oxidation sites excluding steroid dienone is 1. The minimum atomic E-state index is -0.642. The molecule has 126 valence electrons. The summed E-state index contributed by atoms with van der Waals surface area (Å²) in [7, 11) is 0. The highest BCUT2D eigenvalue weighted by atomic mass is 16.6. The fraction of sp³-hybridized carbons (Fsp3) is 0.750. The Morgan fingerprint density at radius 2 is 2.05 bits per heavy atom. The van der Waals surface area contributed by atoms with E-state index in [-0.39, 0.29) is 19.1 Å². The first-order valence-electron chi connectivity index (χ1n) is 7.72. The van der Waals surface area contributed by atoms with Gasteiger partial charge in [-0.2, -0.15) is 0 Å². The van der Waals surface area contributed by atoms with E-state index in [1.165, 1.54) is 4.90 Å². The first kappa shape index (κ1) is 18.5.